The Kier molecular flexibility index (Phi) is 4.37. The summed E-state index contributed by atoms with van der Waals surface area (Å²) in [5.41, 5.74) is 0.736. The first kappa shape index (κ1) is 13.8. The average Bonchev–Trinajstić information content (AvgIpc) is 2.41. The molecule has 0 aromatic heterocycles. The number of para-hydroxylation sites is 1. The van der Waals surface area contributed by atoms with Gasteiger partial charge in [0.25, 0.3) is 5.91 Å². The molecule has 0 atom stereocenters. The molecule has 1 fully saturated rings. The van der Waals surface area contributed by atoms with Crippen LogP contribution in [0.2, 0.25) is 0 Å². The fourth-order valence-corrected chi connectivity index (χ4v) is 2.24. The van der Waals surface area contributed by atoms with Crippen LogP contribution in [0.4, 0.5) is 10.1 Å². The number of amides is 1. The Morgan fingerprint density at radius 1 is 1.32 bits per heavy atom. The van der Waals surface area contributed by atoms with Crippen molar-refractivity contribution in [1.29, 1.82) is 0 Å². The summed E-state index contributed by atoms with van der Waals surface area (Å²) in [4.78, 5) is 16.4. The maximum atomic E-state index is 13.8. The topological polar surface area (TPSA) is 35.6 Å². The molecule has 0 spiro atoms. The van der Waals surface area contributed by atoms with Crippen molar-refractivity contribution in [2.45, 2.75) is 6.92 Å². The number of carbonyl (C=O) groups excluding carboxylic acids is 1. The van der Waals surface area contributed by atoms with Crippen molar-refractivity contribution in [3.63, 3.8) is 0 Å². The number of carbonyl (C=O) groups is 1. The first-order valence-electron chi connectivity index (χ1n) is 6.63. The lowest BCUT2D eigenvalue weighted by Gasteiger charge is -2.32. The zero-order valence-corrected chi connectivity index (χ0v) is 11.4. The number of hydrogen-bond donors (Lipinski definition) is 1. The molecule has 0 aliphatic carbocycles. The minimum atomic E-state index is -0.373. The summed E-state index contributed by atoms with van der Waals surface area (Å²) in [6, 6.07) is 4.64. The van der Waals surface area contributed by atoms with E-state index in [1.54, 1.807) is 17.0 Å². The van der Waals surface area contributed by atoms with Crippen molar-refractivity contribution in [3.05, 3.63) is 29.6 Å². The van der Waals surface area contributed by atoms with E-state index in [-0.39, 0.29) is 11.7 Å². The Morgan fingerprint density at radius 3 is 2.63 bits per heavy atom. The van der Waals surface area contributed by atoms with Crippen LogP contribution in [-0.2, 0) is 0 Å². The summed E-state index contributed by atoms with van der Waals surface area (Å²) >= 11 is 0. The summed E-state index contributed by atoms with van der Waals surface area (Å²) in [6.07, 6.45) is 0. The van der Waals surface area contributed by atoms with Crippen molar-refractivity contribution < 1.29 is 9.18 Å². The van der Waals surface area contributed by atoms with E-state index in [0.29, 0.717) is 30.9 Å². The minimum Gasteiger partial charge on any atom is -0.382 e. The lowest BCUT2D eigenvalue weighted by molar-refractivity contribution is 0.0664. The molecular weight excluding hydrogens is 245 g/mol. The zero-order chi connectivity index (χ0) is 13.8. The molecule has 1 aromatic rings. The van der Waals surface area contributed by atoms with Gasteiger partial charge in [-0.15, -0.1) is 0 Å². The van der Waals surface area contributed by atoms with Crippen molar-refractivity contribution in [3.8, 4) is 0 Å². The third kappa shape index (κ3) is 3.04. The van der Waals surface area contributed by atoms with Crippen molar-refractivity contribution in [2.24, 2.45) is 0 Å². The van der Waals surface area contributed by atoms with Gasteiger partial charge in [-0.1, -0.05) is 6.07 Å². The van der Waals surface area contributed by atoms with E-state index in [1.807, 2.05) is 14.0 Å². The van der Waals surface area contributed by atoms with E-state index >= 15 is 0 Å². The molecule has 1 N–H and O–H groups in total. The molecule has 2 rings (SSSR count). The van der Waals surface area contributed by atoms with Gasteiger partial charge in [0.15, 0.2) is 0 Å². The highest BCUT2D eigenvalue weighted by molar-refractivity contribution is 5.99. The lowest BCUT2D eigenvalue weighted by atomic mass is 10.1. The SMILES string of the molecule is CCNc1c(F)cccc1C(=O)N1CCN(C)CC1. The highest BCUT2D eigenvalue weighted by Crippen LogP contribution is 2.21. The molecule has 4 nitrogen and oxygen atoms in total. The van der Waals surface area contributed by atoms with Crippen LogP contribution in [0.25, 0.3) is 0 Å². The summed E-state index contributed by atoms with van der Waals surface area (Å²) in [5.74, 6) is -0.467. The Morgan fingerprint density at radius 2 is 2.00 bits per heavy atom. The molecule has 1 heterocycles. The van der Waals surface area contributed by atoms with Crippen molar-refractivity contribution >= 4 is 11.6 Å². The number of benzene rings is 1. The number of halogens is 1. The number of nitrogens with zero attached hydrogens (tertiary/aromatic N) is 2. The maximum absolute atomic E-state index is 13.8. The third-order valence-corrected chi connectivity index (χ3v) is 3.39. The normalized spacial score (nSPS) is 16.5. The second kappa shape index (κ2) is 6.02. The van der Waals surface area contributed by atoms with E-state index in [4.69, 9.17) is 0 Å². The van der Waals surface area contributed by atoms with Crippen molar-refractivity contribution in [1.82, 2.24) is 9.80 Å². The standard InChI is InChI=1S/C14H20FN3O/c1-3-16-13-11(5-4-6-12(13)15)14(19)18-9-7-17(2)8-10-18/h4-6,16H,3,7-10H2,1-2H3. The second-order valence-electron chi connectivity index (χ2n) is 4.79. The van der Waals surface area contributed by atoms with Gasteiger partial charge < -0.3 is 15.1 Å². The number of piperazine rings is 1. The predicted octanol–water partition coefficient (Wildman–Crippen LogP) is 1.65. The number of hydrogen-bond acceptors (Lipinski definition) is 3. The number of rotatable bonds is 3. The van der Waals surface area contributed by atoms with Crippen LogP contribution >= 0.6 is 0 Å². The molecule has 0 unspecified atom stereocenters. The molecule has 1 amide bonds. The summed E-state index contributed by atoms with van der Waals surface area (Å²) < 4.78 is 13.8. The van der Waals surface area contributed by atoms with Gasteiger partial charge in [0.1, 0.15) is 5.82 Å². The highest BCUT2D eigenvalue weighted by atomic mass is 19.1. The van der Waals surface area contributed by atoms with Gasteiger partial charge in [-0.2, -0.15) is 0 Å². The second-order valence-corrected chi connectivity index (χ2v) is 4.79. The van der Waals surface area contributed by atoms with Gasteiger partial charge in [0, 0.05) is 32.7 Å². The summed E-state index contributed by atoms with van der Waals surface area (Å²) in [5, 5.41) is 2.94. The Balaban J connectivity index is 2.21. The Labute approximate surface area is 113 Å². The summed E-state index contributed by atoms with van der Waals surface area (Å²) in [6.45, 7) is 5.57. The molecule has 19 heavy (non-hydrogen) atoms. The van der Waals surface area contributed by atoms with Crippen LogP contribution < -0.4 is 5.32 Å². The number of anilines is 1. The average molecular weight is 265 g/mol. The van der Waals surface area contributed by atoms with E-state index in [9.17, 15) is 9.18 Å². The number of nitrogens with one attached hydrogen (secondary N) is 1. The third-order valence-electron chi connectivity index (χ3n) is 3.39. The van der Waals surface area contributed by atoms with E-state index < -0.39 is 0 Å². The van der Waals surface area contributed by atoms with Gasteiger partial charge >= 0.3 is 0 Å². The molecule has 1 aliphatic rings. The molecule has 1 saturated heterocycles. The Hall–Kier alpha value is -1.62. The van der Waals surface area contributed by atoms with Gasteiger partial charge in [-0.3, -0.25) is 4.79 Å². The molecular formula is C14H20FN3O. The van der Waals surface area contributed by atoms with Gasteiger partial charge in [-0.25, -0.2) is 4.39 Å². The fourth-order valence-electron chi connectivity index (χ4n) is 2.24. The molecule has 1 aliphatic heterocycles. The summed E-state index contributed by atoms with van der Waals surface area (Å²) in [7, 11) is 2.04. The van der Waals surface area contributed by atoms with Gasteiger partial charge in [0.2, 0.25) is 0 Å². The molecule has 1 aromatic carbocycles. The molecule has 0 bridgehead atoms. The van der Waals surface area contributed by atoms with Crippen LogP contribution in [0.3, 0.4) is 0 Å². The first-order chi connectivity index (χ1) is 9.13. The van der Waals surface area contributed by atoms with Crippen molar-refractivity contribution in [2.75, 3.05) is 45.1 Å². The van der Waals surface area contributed by atoms with Gasteiger partial charge in [-0.05, 0) is 26.1 Å². The maximum Gasteiger partial charge on any atom is 0.256 e. The van der Waals surface area contributed by atoms with Crippen LogP contribution in [0.1, 0.15) is 17.3 Å². The lowest BCUT2D eigenvalue weighted by Crippen LogP contribution is -2.47. The molecule has 5 heteroatoms. The van der Waals surface area contributed by atoms with Crippen LogP contribution in [0, 0.1) is 5.82 Å². The molecule has 104 valence electrons. The van der Waals surface area contributed by atoms with E-state index in [1.165, 1.54) is 6.07 Å². The highest BCUT2D eigenvalue weighted by Gasteiger charge is 2.23. The monoisotopic (exact) mass is 265 g/mol. The quantitative estimate of drug-likeness (QED) is 0.902. The predicted molar refractivity (Wildman–Crippen MR) is 74.0 cm³/mol. The van der Waals surface area contributed by atoms with Gasteiger partial charge in [0.05, 0.1) is 11.3 Å². The largest absolute Gasteiger partial charge is 0.382 e. The minimum absolute atomic E-state index is 0.0939. The fraction of sp³-hybridized carbons (Fsp3) is 0.500. The first-order valence-corrected chi connectivity index (χ1v) is 6.63. The van der Waals surface area contributed by atoms with Crippen LogP contribution in [0.5, 0.6) is 0 Å². The van der Waals surface area contributed by atoms with Crippen LogP contribution in [0.15, 0.2) is 18.2 Å². The molecule has 0 saturated carbocycles. The number of likely N-dealkylation sites (N-methyl/N-ethyl adjacent to an activating group) is 1. The van der Waals surface area contributed by atoms with E-state index in [0.717, 1.165) is 13.1 Å². The smallest absolute Gasteiger partial charge is 0.256 e. The zero-order valence-electron chi connectivity index (χ0n) is 11.4. The Bertz CT molecular complexity index is 456. The van der Waals surface area contributed by atoms with E-state index in [2.05, 4.69) is 10.2 Å². The molecule has 0 radical (unpaired) electrons. The van der Waals surface area contributed by atoms with Crippen LogP contribution in [-0.4, -0.2) is 55.5 Å².